The van der Waals surface area contributed by atoms with Gasteiger partial charge in [-0.1, -0.05) is 13.0 Å². The number of carboxylic acids is 1. The van der Waals surface area contributed by atoms with Gasteiger partial charge in [0.15, 0.2) is 0 Å². The Balaban J connectivity index is 2.03. The maximum absolute atomic E-state index is 10.9. The molecule has 0 saturated carbocycles. The number of hydrogen-bond donors (Lipinski definition) is 2. The molecule has 1 aliphatic heterocycles. The van der Waals surface area contributed by atoms with Crippen molar-refractivity contribution in [3.8, 4) is 0 Å². The van der Waals surface area contributed by atoms with Crippen LogP contribution in [-0.2, 0) is 4.79 Å². The molecule has 1 aliphatic rings. The molecule has 0 amide bonds. The number of thioether (sulfide) groups is 1. The van der Waals surface area contributed by atoms with Crippen LogP contribution in [0.3, 0.4) is 0 Å². The molecule has 0 spiro atoms. The highest BCUT2D eigenvalue weighted by molar-refractivity contribution is 8.00. The van der Waals surface area contributed by atoms with E-state index in [1.54, 1.807) is 11.3 Å². The highest BCUT2D eigenvalue weighted by Gasteiger charge is 2.28. The third-order valence-corrected chi connectivity index (χ3v) is 5.37. The monoisotopic (exact) mass is 271 g/mol. The zero-order valence-corrected chi connectivity index (χ0v) is 11.4. The minimum Gasteiger partial charge on any atom is -0.481 e. The zero-order valence-electron chi connectivity index (χ0n) is 9.76. The summed E-state index contributed by atoms with van der Waals surface area (Å²) in [5.74, 6) is 0.428. The maximum Gasteiger partial charge on any atom is 0.305 e. The highest BCUT2D eigenvalue weighted by atomic mass is 32.2. The molecule has 0 aliphatic carbocycles. The molecule has 3 nitrogen and oxygen atoms in total. The lowest BCUT2D eigenvalue weighted by Gasteiger charge is -2.23. The minimum atomic E-state index is -0.741. The van der Waals surface area contributed by atoms with Crippen molar-refractivity contribution >= 4 is 29.1 Å². The first-order valence-electron chi connectivity index (χ1n) is 5.79. The molecule has 2 heterocycles. The van der Waals surface area contributed by atoms with E-state index in [1.807, 2.05) is 29.3 Å². The second-order valence-electron chi connectivity index (χ2n) is 4.30. The van der Waals surface area contributed by atoms with E-state index in [9.17, 15) is 4.79 Å². The molecule has 1 aromatic rings. The summed E-state index contributed by atoms with van der Waals surface area (Å²) in [6.07, 6.45) is 1.29. The quantitative estimate of drug-likeness (QED) is 0.864. The number of carboxylic acid groups (broad SMARTS) is 1. The van der Waals surface area contributed by atoms with Gasteiger partial charge in [-0.2, -0.15) is 11.8 Å². The van der Waals surface area contributed by atoms with E-state index in [2.05, 4.69) is 12.2 Å². The van der Waals surface area contributed by atoms with E-state index in [0.29, 0.717) is 11.3 Å². The molecule has 3 unspecified atom stereocenters. The SMILES string of the molecule is CC1SCCC1NC(CC(=O)O)c1cccs1. The molecule has 17 heavy (non-hydrogen) atoms. The third-order valence-electron chi connectivity index (χ3n) is 3.06. The van der Waals surface area contributed by atoms with Gasteiger partial charge in [-0.05, 0) is 23.6 Å². The van der Waals surface area contributed by atoms with Crippen LogP contribution in [0.2, 0.25) is 0 Å². The van der Waals surface area contributed by atoms with Crippen molar-refractivity contribution in [3.63, 3.8) is 0 Å². The van der Waals surface area contributed by atoms with Crippen molar-refractivity contribution in [2.45, 2.75) is 37.1 Å². The molecule has 1 fully saturated rings. The average molecular weight is 271 g/mol. The summed E-state index contributed by atoms with van der Waals surface area (Å²) in [7, 11) is 0. The third kappa shape index (κ3) is 3.47. The molecule has 5 heteroatoms. The lowest BCUT2D eigenvalue weighted by Crippen LogP contribution is -2.37. The van der Waals surface area contributed by atoms with Gasteiger partial charge in [0.1, 0.15) is 0 Å². The molecule has 1 aromatic heterocycles. The molecule has 0 aromatic carbocycles. The number of hydrogen-bond acceptors (Lipinski definition) is 4. The van der Waals surface area contributed by atoms with Gasteiger partial charge in [0.2, 0.25) is 0 Å². The molecular formula is C12H17NO2S2. The predicted molar refractivity (Wildman–Crippen MR) is 72.8 cm³/mol. The number of aliphatic carboxylic acids is 1. The van der Waals surface area contributed by atoms with Crippen LogP contribution < -0.4 is 5.32 Å². The second-order valence-corrected chi connectivity index (χ2v) is 6.77. The van der Waals surface area contributed by atoms with Crippen LogP contribution in [-0.4, -0.2) is 28.1 Å². The molecule has 2 N–H and O–H groups in total. The van der Waals surface area contributed by atoms with Crippen molar-refractivity contribution in [1.29, 1.82) is 0 Å². The highest BCUT2D eigenvalue weighted by Crippen LogP contribution is 2.30. The first-order chi connectivity index (χ1) is 8.16. The lowest BCUT2D eigenvalue weighted by atomic mass is 10.1. The Bertz CT molecular complexity index is 367. The van der Waals surface area contributed by atoms with Gasteiger partial charge in [-0.25, -0.2) is 0 Å². The second kappa shape index (κ2) is 5.89. The normalized spacial score (nSPS) is 25.9. The van der Waals surface area contributed by atoms with Crippen LogP contribution in [0.25, 0.3) is 0 Å². The van der Waals surface area contributed by atoms with Crippen molar-refractivity contribution in [2.24, 2.45) is 0 Å². The first-order valence-corrected chi connectivity index (χ1v) is 7.72. The van der Waals surface area contributed by atoms with Gasteiger partial charge in [0, 0.05) is 16.2 Å². The number of rotatable bonds is 5. The fourth-order valence-corrected chi connectivity index (χ4v) is 4.11. The molecule has 3 atom stereocenters. The van der Waals surface area contributed by atoms with Crippen LogP contribution >= 0.6 is 23.1 Å². The average Bonchev–Trinajstić information content (AvgIpc) is 2.89. The van der Waals surface area contributed by atoms with E-state index >= 15 is 0 Å². The summed E-state index contributed by atoms with van der Waals surface area (Å²) >= 11 is 3.58. The molecule has 1 saturated heterocycles. The smallest absolute Gasteiger partial charge is 0.305 e. The topological polar surface area (TPSA) is 49.3 Å². The number of thiophene rings is 1. The summed E-state index contributed by atoms with van der Waals surface area (Å²) in [6.45, 7) is 2.21. The van der Waals surface area contributed by atoms with Gasteiger partial charge in [0.05, 0.1) is 12.5 Å². The van der Waals surface area contributed by atoms with Gasteiger partial charge in [-0.3, -0.25) is 4.79 Å². The molecular weight excluding hydrogens is 254 g/mol. The van der Waals surface area contributed by atoms with E-state index in [-0.39, 0.29) is 12.5 Å². The zero-order chi connectivity index (χ0) is 12.3. The first kappa shape index (κ1) is 12.9. The molecule has 0 bridgehead atoms. The van der Waals surface area contributed by atoms with Crippen molar-refractivity contribution in [2.75, 3.05) is 5.75 Å². The van der Waals surface area contributed by atoms with E-state index in [4.69, 9.17) is 5.11 Å². The Morgan fingerprint density at radius 2 is 2.53 bits per heavy atom. The van der Waals surface area contributed by atoms with Gasteiger partial charge >= 0.3 is 5.97 Å². The summed E-state index contributed by atoms with van der Waals surface area (Å²) in [5.41, 5.74) is 0. The number of nitrogens with one attached hydrogen (secondary N) is 1. The van der Waals surface area contributed by atoms with Crippen molar-refractivity contribution < 1.29 is 9.90 Å². The Morgan fingerprint density at radius 1 is 1.71 bits per heavy atom. The Kier molecular flexibility index (Phi) is 4.48. The molecule has 0 radical (unpaired) electrons. The van der Waals surface area contributed by atoms with E-state index in [0.717, 1.165) is 11.3 Å². The minimum absolute atomic E-state index is 0.0429. The van der Waals surface area contributed by atoms with Crippen molar-refractivity contribution in [1.82, 2.24) is 5.32 Å². The van der Waals surface area contributed by atoms with Gasteiger partial charge < -0.3 is 10.4 Å². The van der Waals surface area contributed by atoms with E-state index < -0.39 is 5.97 Å². The van der Waals surface area contributed by atoms with Crippen molar-refractivity contribution in [3.05, 3.63) is 22.4 Å². The molecule has 94 valence electrons. The Hall–Kier alpha value is -0.520. The van der Waals surface area contributed by atoms with Gasteiger partial charge in [-0.15, -0.1) is 11.3 Å². The predicted octanol–water partition coefficient (Wildman–Crippen LogP) is 2.75. The van der Waals surface area contributed by atoms with Crippen LogP contribution in [0.1, 0.15) is 30.7 Å². The van der Waals surface area contributed by atoms with Crippen LogP contribution in [0, 0.1) is 0 Å². The van der Waals surface area contributed by atoms with Gasteiger partial charge in [0.25, 0.3) is 0 Å². The lowest BCUT2D eigenvalue weighted by molar-refractivity contribution is -0.137. The van der Waals surface area contributed by atoms with Crippen LogP contribution in [0.5, 0.6) is 0 Å². The maximum atomic E-state index is 10.9. The summed E-state index contributed by atoms with van der Waals surface area (Å²) < 4.78 is 0. The summed E-state index contributed by atoms with van der Waals surface area (Å²) in [4.78, 5) is 12.0. The summed E-state index contributed by atoms with van der Waals surface area (Å²) in [6, 6.07) is 4.38. The summed E-state index contributed by atoms with van der Waals surface area (Å²) in [5, 5.41) is 15.1. The Morgan fingerprint density at radius 3 is 3.06 bits per heavy atom. The fraction of sp³-hybridized carbons (Fsp3) is 0.583. The standard InChI is InChI=1S/C12H17NO2S2/c1-8-9(4-6-16-8)13-10(7-12(14)15)11-3-2-5-17-11/h2-3,5,8-10,13H,4,6-7H2,1H3,(H,14,15). The Labute approximate surface area is 110 Å². The van der Waals surface area contributed by atoms with Crippen LogP contribution in [0.4, 0.5) is 0 Å². The number of carbonyl (C=O) groups is 1. The van der Waals surface area contributed by atoms with E-state index in [1.165, 1.54) is 5.75 Å². The van der Waals surface area contributed by atoms with Crippen LogP contribution in [0.15, 0.2) is 17.5 Å². The fourth-order valence-electron chi connectivity index (χ4n) is 2.11. The molecule has 2 rings (SSSR count). The largest absolute Gasteiger partial charge is 0.481 e.